The lowest BCUT2D eigenvalue weighted by atomic mass is 9.93. The smallest absolute Gasteiger partial charge is 0.338 e. The lowest BCUT2D eigenvalue weighted by Gasteiger charge is -2.15. The molecule has 0 N–H and O–H groups in total. The molecule has 6 nitrogen and oxygen atoms in total. The van der Waals surface area contributed by atoms with E-state index in [0.29, 0.717) is 17.7 Å². The van der Waals surface area contributed by atoms with Crippen molar-refractivity contribution in [1.29, 1.82) is 0 Å². The third-order valence-corrected chi connectivity index (χ3v) is 7.02. The molecule has 0 radical (unpaired) electrons. The van der Waals surface area contributed by atoms with Gasteiger partial charge in [-0.3, -0.25) is 0 Å². The van der Waals surface area contributed by atoms with Crippen LogP contribution in [0.2, 0.25) is 0 Å². The molecule has 1 atom stereocenters. The van der Waals surface area contributed by atoms with Crippen molar-refractivity contribution in [2.45, 2.75) is 46.5 Å². The van der Waals surface area contributed by atoms with Crippen molar-refractivity contribution in [3.05, 3.63) is 108 Å². The molecule has 1 unspecified atom stereocenters. The van der Waals surface area contributed by atoms with Crippen LogP contribution in [0.15, 0.2) is 91.1 Å². The number of fused-ring (bicyclic) bond motifs is 1. The standard InChI is InChI=1S/C35H34O6/c1-20(2)33(36)39-19-27-9-8-26-17-25(11-14-30(26)27)29-13-10-24(16-23(29)7)31-15-12-28(40-34(37)21(3)4)18-32(31)41-35(38)22(5)6/h10-18,27H,1,3,5,8-9,19H2,2,4,6-7H3. The zero-order chi connectivity index (χ0) is 29.8. The number of hydrogen-bond donors (Lipinski definition) is 0. The molecule has 0 spiro atoms. The van der Waals surface area contributed by atoms with E-state index < -0.39 is 11.9 Å². The molecule has 0 amide bonds. The van der Waals surface area contributed by atoms with Crippen molar-refractivity contribution < 1.29 is 28.6 Å². The van der Waals surface area contributed by atoms with Crippen LogP contribution in [0.4, 0.5) is 0 Å². The Labute approximate surface area is 241 Å². The SMILES string of the molecule is C=C(C)C(=O)OCC1CCc2cc(-c3ccc(-c4ccc(OC(=O)C(=C)C)cc4OC(=O)C(=C)C)cc3C)ccc21. The lowest BCUT2D eigenvalue weighted by Crippen LogP contribution is -2.11. The van der Waals surface area contributed by atoms with Gasteiger partial charge in [-0.05, 0) is 86.1 Å². The zero-order valence-electron chi connectivity index (χ0n) is 24.0. The molecule has 0 aliphatic heterocycles. The van der Waals surface area contributed by atoms with Gasteiger partial charge >= 0.3 is 17.9 Å². The summed E-state index contributed by atoms with van der Waals surface area (Å²) in [5, 5.41) is 0. The third kappa shape index (κ3) is 6.72. The minimum Gasteiger partial charge on any atom is -0.462 e. The summed E-state index contributed by atoms with van der Waals surface area (Å²) in [5.41, 5.74) is 8.13. The molecule has 3 aromatic rings. The first kappa shape index (κ1) is 29.3. The van der Waals surface area contributed by atoms with E-state index >= 15 is 0 Å². The van der Waals surface area contributed by atoms with Gasteiger partial charge in [-0.1, -0.05) is 56.1 Å². The van der Waals surface area contributed by atoms with Crippen LogP contribution in [0.1, 0.15) is 49.8 Å². The van der Waals surface area contributed by atoms with Crippen LogP contribution in [0, 0.1) is 6.92 Å². The van der Waals surface area contributed by atoms with Crippen LogP contribution in [0.25, 0.3) is 22.3 Å². The number of rotatable bonds is 9. The molecule has 0 heterocycles. The molecule has 0 bridgehead atoms. The van der Waals surface area contributed by atoms with Gasteiger partial charge in [-0.2, -0.15) is 0 Å². The molecular weight excluding hydrogens is 516 g/mol. The summed E-state index contributed by atoms with van der Waals surface area (Å²) in [7, 11) is 0. The zero-order valence-corrected chi connectivity index (χ0v) is 24.0. The van der Waals surface area contributed by atoms with E-state index in [-0.39, 0.29) is 34.5 Å². The van der Waals surface area contributed by atoms with Crippen LogP contribution in [0.3, 0.4) is 0 Å². The normalized spacial score (nSPS) is 13.6. The summed E-state index contributed by atoms with van der Waals surface area (Å²) in [4.78, 5) is 36.3. The maximum absolute atomic E-state index is 12.4. The monoisotopic (exact) mass is 550 g/mol. The van der Waals surface area contributed by atoms with Crippen molar-refractivity contribution in [1.82, 2.24) is 0 Å². The Morgan fingerprint density at radius 2 is 1.37 bits per heavy atom. The van der Waals surface area contributed by atoms with E-state index in [1.54, 1.807) is 32.9 Å². The largest absolute Gasteiger partial charge is 0.462 e. The second kappa shape index (κ2) is 12.2. The third-order valence-electron chi connectivity index (χ3n) is 7.02. The molecule has 4 rings (SSSR count). The van der Waals surface area contributed by atoms with Crippen LogP contribution in [-0.4, -0.2) is 24.5 Å². The number of ether oxygens (including phenoxy) is 3. The molecule has 3 aromatic carbocycles. The van der Waals surface area contributed by atoms with Gasteiger partial charge in [0.15, 0.2) is 0 Å². The van der Waals surface area contributed by atoms with Crippen LogP contribution in [-0.2, 0) is 25.5 Å². The van der Waals surface area contributed by atoms with Gasteiger partial charge < -0.3 is 14.2 Å². The maximum Gasteiger partial charge on any atom is 0.338 e. The number of esters is 3. The summed E-state index contributed by atoms with van der Waals surface area (Å²) >= 11 is 0. The van der Waals surface area contributed by atoms with Crippen LogP contribution in [0.5, 0.6) is 11.5 Å². The Hall–Kier alpha value is -4.71. The molecule has 1 aliphatic rings. The minimum absolute atomic E-state index is 0.184. The molecule has 6 heteroatoms. The van der Waals surface area contributed by atoms with Crippen LogP contribution >= 0.6 is 0 Å². The van der Waals surface area contributed by atoms with Crippen molar-refractivity contribution in [2.75, 3.05) is 6.61 Å². The number of carbonyl (C=O) groups is 3. The first-order chi connectivity index (χ1) is 19.4. The molecule has 0 aromatic heterocycles. The highest BCUT2D eigenvalue weighted by atomic mass is 16.5. The van der Waals surface area contributed by atoms with Gasteiger partial charge in [0.05, 0.1) is 6.61 Å². The van der Waals surface area contributed by atoms with Crippen molar-refractivity contribution in [2.24, 2.45) is 0 Å². The fraction of sp³-hybridized carbons (Fsp3) is 0.229. The van der Waals surface area contributed by atoms with Gasteiger partial charge in [-0.15, -0.1) is 0 Å². The highest BCUT2D eigenvalue weighted by Crippen LogP contribution is 2.39. The average Bonchev–Trinajstić information content (AvgIpc) is 3.33. The summed E-state index contributed by atoms with van der Waals surface area (Å²) in [6.45, 7) is 18.1. The number of aryl methyl sites for hydroxylation is 2. The Bertz CT molecular complexity index is 1590. The molecule has 0 saturated heterocycles. The van der Waals surface area contributed by atoms with Gasteiger partial charge in [0.25, 0.3) is 0 Å². The van der Waals surface area contributed by atoms with E-state index in [0.717, 1.165) is 35.1 Å². The number of benzene rings is 3. The maximum atomic E-state index is 12.4. The minimum atomic E-state index is -0.575. The average molecular weight is 551 g/mol. The summed E-state index contributed by atoms with van der Waals surface area (Å²) in [6.07, 6.45) is 1.86. The van der Waals surface area contributed by atoms with E-state index in [2.05, 4.69) is 37.9 Å². The second-order valence-electron chi connectivity index (χ2n) is 10.6. The summed E-state index contributed by atoms with van der Waals surface area (Å²) in [5.74, 6) is -0.814. The number of hydrogen-bond acceptors (Lipinski definition) is 6. The first-order valence-corrected chi connectivity index (χ1v) is 13.4. The predicted molar refractivity (Wildman–Crippen MR) is 160 cm³/mol. The number of carbonyl (C=O) groups excluding carboxylic acids is 3. The van der Waals surface area contributed by atoms with Gasteiger partial charge in [0.1, 0.15) is 11.5 Å². The molecule has 1 aliphatic carbocycles. The molecule has 41 heavy (non-hydrogen) atoms. The molecule has 0 fully saturated rings. The molecule has 0 saturated carbocycles. The Kier molecular flexibility index (Phi) is 8.72. The second-order valence-corrected chi connectivity index (χ2v) is 10.6. The van der Waals surface area contributed by atoms with Crippen molar-refractivity contribution in [3.8, 4) is 33.8 Å². The Morgan fingerprint density at radius 3 is 2.02 bits per heavy atom. The van der Waals surface area contributed by atoms with Gasteiger partial charge in [0, 0.05) is 34.3 Å². The van der Waals surface area contributed by atoms with E-state index in [9.17, 15) is 14.4 Å². The first-order valence-electron chi connectivity index (χ1n) is 13.4. The van der Waals surface area contributed by atoms with Crippen molar-refractivity contribution in [3.63, 3.8) is 0 Å². The topological polar surface area (TPSA) is 78.9 Å². The quantitative estimate of drug-likeness (QED) is 0.157. The van der Waals surface area contributed by atoms with Crippen molar-refractivity contribution >= 4 is 17.9 Å². The lowest BCUT2D eigenvalue weighted by molar-refractivity contribution is -0.139. The van der Waals surface area contributed by atoms with Gasteiger partial charge in [-0.25, -0.2) is 14.4 Å². The highest BCUT2D eigenvalue weighted by molar-refractivity contribution is 5.91. The van der Waals surface area contributed by atoms with E-state index in [1.807, 2.05) is 25.1 Å². The molecule has 210 valence electrons. The van der Waals surface area contributed by atoms with Gasteiger partial charge in [0.2, 0.25) is 0 Å². The predicted octanol–water partition coefficient (Wildman–Crippen LogP) is 7.44. The summed E-state index contributed by atoms with van der Waals surface area (Å²) < 4.78 is 16.4. The molecular formula is C35H34O6. The highest BCUT2D eigenvalue weighted by Gasteiger charge is 2.25. The summed E-state index contributed by atoms with van der Waals surface area (Å²) in [6, 6.07) is 17.4. The van der Waals surface area contributed by atoms with E-state index in [4.69, 9.17) is 14.2 Å². The Morgan fingerprint density at radius 1 is 0.756 bits per heavy atom. The van der Waals surface area contributed by atoms with E-state index in [1.165, 1.54) is 17.2 Å². The van der Waals surface area contributed by atoms with Crippen LogP contribution < -0.4 is 9.47 Å². The fourth-order valence-electron chi connectivity index (χ4n) is 4.77. The fourth-order valence-corrected chi connectivity index (χ4v) is 4.77. The Balaban J connectivity index is 1.61.